The number of esters is 3. The lowest BCUT2D eigenvalue weighted by Gasteiger charge is -2.18. The molecule has 0 rings (SSSR count). The van der Waals surface area contributed by atoms with Gasteiger partial charge in [-0.15, -0.1) is 0 Å². The molecule has 1 atom stereocenters. The van der Waals surface area contributed by atoms with Gasteiger partial charge in [-0.05, 0) is 44.9 Å². The van der Waals surface area contributed by atoms with Gasteiger partial charge in [-0.3, -0.25) is 14.4 Å². The van der Waals surface area contributed by atoms with Gasteiger partial charge in [0.2, 0.25) is 0 Å². The van der Waals surface area contributed by atoms with Crippen LogP contribution < -0.4 is 0 Å². The minimum Gasteiger partial charge on any atom is -0.462 e. The van der Waals surface area contributed by atoms with Crippen molar-refractivity contribution in [2.75, 3.05) is 13.2 Å². The molecule has 0 bridgehead atoms. The first kappa shape index (κ1) is 63.1. The fourth-order valence-electron chi connectivity index (χ4n) is 8.85. The Morgan fingerprint density at radius 2 is 0.508 bits per heavy atom. The summed E-state index contributed by atoms with van der Waals surface area (Å²) in [5.74, 6) is -0.859. The Kier molecular flexibility index (Phi) is 53.2. The summed E-state index contributed by atoms with van der Waals surface area (Å²) >= 11 is 0. The second-order valence-corrected chi connectivity index (χ2v) is 19.9. The van der Waals surface area contributed by atoms with Crippen LogP contribution in [0.1, 0.15) is 329 Å². The molecule has 0 spiro atoms. The number of allylic oxidation sites excluding steroid dienone is 2. The minimum absolute atomic E-state index is 0.0679. The Bertz CT molecular complexity index is 1010. The smallest absolute Gasteiger partial charge is 0.306 e. The zero-order valence-corrected chi connectivity index (χ0v) is 44.0. The zero-order chi connectivity index (χ0) is 47.2. The molecule has 6 nitrogen and oxygen atoms in total. The summed E-state index contributed by atoms with van der Waals surface area (Å²) in [5, 5.41) is 0. The number of carbonyl (C=O) groups is 3. The zero-order valence-electron chi connectivity index (χ0n) is 44.0. The molecule has 0 saturated carbocycles. The van der Waals surface area contributed by atoms with E-state index in [2.05, 4.69) is 32.9 Å². The van der Waals surface area contributed by atoms with E-state index in [1.54, 1.807) is 0 Å². The Morgan fingerprint density at radius 3 is 0.800 bits per heavy atom. The van der Waals surface area contributed by atoms with Gasteiger partial charge >= 0.3 is 17.9 Å². The average Bonchev–Trinajstić information content (AvgIpc) is 3.30. The summed E-state index contributed by atoms with van der Waals surface area (Å²) in [6.07, 6.45) is 62.3. The summed E-state index contributed by atoms with van der Waals surface area (Å²) in [7, 11) is 0. The lowest BCUT2D eigenvalue weighted by atomic mass is 10.0. The highest BCUT2D eigenvalue weighted by Gasteiger charge is 2.19. The predicted molar refractivity (Wildman–Crippen MR) is 280 cm³/mol. The average molecular weight is 918 g/mol. The van der Waals surface area contributed by atoms with E-state index in [1.807, 2.05) is 0 Å². The van der Waals surface area contributed by atoms with E-state index in [9.17, 15) is 14.4 Å². The molecule has 384 valence electrons. The lowest BCUT2D eigenvalue weighted by Crippen LogP contribution is -2.30. The summed E-state index contributed by atoms with van der Waals surface area (Å²) < 4.78 is 16.8. The lowest BCUT2D eigenvalue weighted by molar-refractivity contribution is -0.167. The molecule has 0 aliphatic heterocycles. The topological polar surface area (TPSA) is 78.9 Å². The Labute approximate surface area is 405 Å². The minimum atomic E-state index is -0.767. The quantitative estimate of drug-likeness (QED) is 0.0262. The SMILES string of the molecule is CCCCC/C=C\CCCCCCCC(=O)OC(COC(=O)CCCCCCCCCCCC)COC(=O)CCCCCCCCCCCCCCCCCCCCCCCCCCC. The molecule has 65 heavy (non-hydrogen) atoms. The van der Waals surface area contributed by atoms with Crippen LogP contribution in [0.2, 0.25) is 0 Å². The Morgan fingerprint density at radius 1 is 0.292 bits per heavy atom. The molecule has 0 aliphatic rings. The van der Waals surface area contributed by atoms with Gasteiger partial charge in [0.1, 0.15) is 13.2 Å². The molecule has 0 aliphatic carbocycles. The fraction of sp³-hybridized carbons (Fsp3) is 0.915. The molecule has 0 radical (unpaired) electrons. The molecule has 6 heteroatoms. The number of unbranched alkanes of at least 4 members (excludes halogenated alkanes) is 41. The highest BCUT2D eigenvalue weighted by atomic mass is 16.6. The summed E-state index contributed by atoms with van der Waals surface area (Å²) in [5.41, 5.74) is 0. The summed E-state index contributed by atoms with van der Waals surface area (Å²) in [4.78, 5) is 38.0. The molecule has 0 saturated heterocycles. The second kappa shape index (κ2) is 54.8. The number of hydrogen-bond donors (Lipinski definition) is 0. The van der Waals surface area contributed by atoms with Crippen LogP contribution in [0.5, 0.6) is 0 Å². The first-order valence-corrected chi connectivity index (χ1v) is 29.2. The second-order valence-electron chi connectivity index (χ2n) is 19.9. The van der Waals surface area contributed by atoms with E-state index in [0.29, 0.717) is 19.3 Å². The first-order valence-electron chi connectivity index (χ1n) is 29.2. The van der Waals surface area contributed by atoms with Gasteiger partial charge in [-0.25, -0.2) is 0 Å². The number of ether oxygens (including phenoxy) is 3. The summed E-state index contributed by atoms with van der Waals surface area (Å²) in [6.45, 7) is 6.65. The van der Waals surface area contributed by atoms with Crippen LogP contribution in [0.3, 0.4) is 0 Å². The molecular weight excluding hydrogens is 805 g/mol. The normalized spacial score (nSPS) is 12.0. The standard InChI is InChI=1S/C59H112O6/c1-4-7-10-13-16-19-22-24-25-26-27-28-29-30-31-32-33-34-35-36-38-40-43-46-49-52-58(61)64-55-56(54-63-57(60)51-48-45-42-39-21-18-15-12-9-6-3)65-59(62)53-50-47-44-41-37-23-20-17-14-11-8-5-2/h17,20,56H,4-16,18-19,21-55H2,1-3H3/b20-17-. The van der Waals surface area contributed by atoms with Crippen molar-refractivity contribution >= 4 is 17.9 Å². The van der Waals surface area contributed by atoms with Gasteiger partial charge in [0.15, 0.2) is 6.10 Å². The van der Waals surface area contributed by atoms with Crippen LogP contribution in [0.15, 0.2) is 12.2 Å². The third kappa shape index (κ3) is 53.0. The van der Waals surface area contributed by atoms with E-state index in [0.717, 1.165) is 64.2 Å². The van der Waals surface area contributed by atoms with Gasteiger partial charge in [-0.1, -0.05) is 277 Å². The molecular formula is C59H112O6. The van der Waals surface area contributed by atoms with Gasteiger partial charge < -0.3 is 14.2 Å². The molecule has 0 N–H and O–H groups in total. The Hall–Kier alpha value is -1.85. The van der Waals surface area contributed by atoms with Crippen molar-refractivity contribution in [3.8, 4) is 0 Å². The maximum atomic E-state index is 12.8. The number of hydrogen-bond acceptors (Lipinski definition) is 6. The molecule has 0 heterocycles. The molecule has 0 aromatic carbocycles. The van der Waals surface area contributed by atoms with Crippen molar-refractivity contribution in [3.63, 3.8) is 0 Å². The van der Waals surface area contributed by atoms with E-state index in [4.69, 9.17) is 14.2 Å². The van der Waals surface area contributed by atoms with Crippen LogP contribution in [0, 0.1) is 0 Å². The van der Waals surface area contributed by atoms with Gasteiger partial charge in [0.25, 0.3) is 0 Å². The first-order chi connectivity index (χ1) is 32.0. The van der Waals surface area contributed by atoms with Crippen molar-refractivity contribution in [1.29, 1.82) is 0 Å². The molecule has 0 amide bonds. The Balaban J connectivity index is 4.11. The predicted octanol–water partition coefficient (Wildman–Crippen LogP) is 19.3. The molecule has 0 aromatic heterocycles. The van der Waals surface area contributed by atoms with Gasteiger partial charge in [-0.2, -0.15) is 0 Å². The third-order valence-corrected chi connectivity index (χ3v) is 13.3. The van der Waals surface area contributed by atoms with Crippen molar-refractivity contribution in [3.05, 3.63) is 12.2 Å². The molecule has 0 fully saturated rings. The van der Waals surface area contributed by atoms with Crippen molar-refractivity contribution in [2.45, 2.75) is 335 Å². The van der Waals surface area contributed by atoms with Crippen molar-refractivity contribution in [2.24, 2.45) is 0 Å². The van der Waals surface area contributed by atoms with Gasteiger partial charge in [0.05, 0.1) is 0 Å². The van der Waals surface area contributed by atoms with Crippen LogP contribution in [-0.4, -0.2) is 37.2 Å². The summed E-state index contributed by atoms with van der Waals surface area (Å²) in [6, 6.07) is 0. The van der Waals surface area contributed by atoms with E-state index >= 15 is 0 Å². The van der Waals surface area contributed by atoms with E-state index < -0.39 is 6.10 Å². The maximum Gasteiger partial charge on any atom is 0.306 e. The van der Waals surface area contributed by atoms with Crippen LogP contribution in [-0.2, 0) is 28.6 Å². The highest BCUT2D eigenvalue weighted by molar-refractivity contribution is 5.71. The van der Waals surface area contributed by atoms with E-state index in [1.165, 1.54) is 225 Å². The maximum absolute atomic E-state index is 12.8. The largest absolute Gasteiger partial charge is 0.462 e. The van der Waals surface area contributed by atoms with E-state index in [-0.39, 0.29) is 31.1 Å². The van der Waals surface area contributed by atoms with Crippen molar-refractivity contribution < 1.29 is 28.6 Å². The highest BCUT2D eigenvalue weighted by Crippen LogP contribution is 2.17. The third-order valence-electron chi connectivity index (χ3n) is 13.3. The van der Waals surface area contributed by atoms with Crippen molar-refractivity contribution in [1.82, 2.24) is 0 Å². The fourth-order valence-corrected chi connectivity index (χ4v) is 8.85. The van der Waals surface area contributed by atoms with Crippen LogP contribution >= 0.6 is 0 Å². The number of carbonyl (C=O) groups excluding carboxylic acids is 3. The van der Waals surface area contributed by atoms with Crippen LogP contribution in [0.4, 0.5) is 0 Å². The monoisotopic (exact) mass is 917 g/mol. The van der Waals surface area contributed by atoms with Crippen LogP contribution in [0.25, 0.3) is 0 Å². The number of rotatable bonds is 54. The van der Waals surface area contributed by atoms with Gasteiger partial charge in [0, 0.05) is 19.3 Å². The molecule has 1 unspecified atom stereocenters. The molecule has 0 aromatic rings.